The molecule has 2 N–H and O–H groups in total. The zero-order valence-electron chi connectivity index (χ0n) is 23.4. The highest BCUT2D eigenvalue weighted by Gasteiger charge is 2.43. The molecule has 4 aromatic carbocycles. The van der Waals surface area contributed by atoms with Gasteiger partial charge >= 0.3 is 7.60 Å². The molecule has 7 heteroatoms. The first kappa shape index (κ1) is 28.5. The summed E-state index contributed by atoms with van der Waals surface area (Å²) in [6, 6.07) is 26.3. The molecular formula is C33H39N2O4P. The van der Waals surface area contributed by atoms with E-state index in [9.17, 15) is 9.36 Å². The van der Waals surface area contributed by atoms with Gasteiger partial charge in [0.25, 0.3) is 0 Å². The number of carbonyl (C=O) groups is 1. The fraction of sp³-hybridized carbons (Fsp3) is 0.364. The van der Waals surface area contributed by atoms with Crippen LogP contribution >= 0.6 is 7.60 Å². The van der Waals surface area contributed by atoms with E-state index in [4.69, 9.17) is 9.05 Å². The number of anilines is 1. The Morgan fingerprint density at radius 3 is 2.17 bits per heavy atom. The van der Waals surface area contributed by atoms with Crippen molar-refractivity contribution < 1.29 is 18.4 Å². The van der Waals surface area contributed by atoms with Crippen LogP contribution in [0.4, 0.5) is 5.69 Å². The summed E-state index contributed by atoms with van der Waals surface area (Å²) in [5.74, 6) is -0.407. The van der Waals surface area contributed by atoms with Gasteiger partial charge in [0.1, 0.15) is 0 Å². The number of fused-ring (bicyclic) bond motifs is 2. The molecule has 1 aliphatic rings. The zero-order valence-corrected chi connectivity index (χ0v) is 24.3. The van der Waals surface area contributed by atoms with Crippen LogP contribution in [0, 0.1) is 0 Å². The predicted molar refractivity (Wildman–Crippen MR) is 164 cm³/mol. The van der Waals surface area contributed by atoms with E-state index in [2.05, 4.69) is 22.8 Å². The minimum Gasteiger partial charge on any atom is -0.325 e. The van der Waals surface area contributed by atoms with Crippen LogP contribution < -0.4 is 10.6 Å². The van der Waals surface area contributed by atoms with Gasteiger partial charge in [0, 0.05) is 18.3 Å². The predicted octanol–water partition coefficient (Wildman–Crippen LogP) is 8.36. The third-order valence-corrected chi connectivity index (χ3v) is 10.1. The molecule has 0 spiro atoms. The summed E-state index contributed by atoms with van der Waals surface area (Å²) in [6.45, 7) is 4.50. The Morgan fingerprint density at radius 2 is 1.48 bits per heavy atom. The Balaban J connectivity index is 1.55. The monoisotopic (exact) mass is 558 g/mol. The second kappa shape index (κ2) is 13.1. The van der Waals surface area contributed by atoms with Crippen LogP contribution in [0.25, 0.3) is 21.5 Å². The third kappa shape index (κ3) is 6.31. The van der Waals surface area contributed by atoms with E-state index >= 15 is 0 Å². The van der Waals surface area contributed by atoms with Gasteiger partial charge < -0.3 is 19.7 Å². The number of carbonyl (C=O) groups excluding carboxylic acids is 1. The Kier molecular flexibility index (Phi) is 9.33. The van der Waals surface area contributed by atoms with Crippen LogP contribution in [0.1, 0.15) is 62.7 Å². The molecule has 0 radical (unpaired) electrons. The van der Waals surface area contributed by atoms with Crippen LogP contribution in [0.15, 0.2) is 78.9 Å². The standard InChI is InChI=1S/C33H39N2O4P/c1-3-38-40(37,39-4-2)32(30-20-12-16-24-13-10-11-19-29(24)30)33(36)35-31-22-26-15-9-8-14-25(26)21-27(31)23-34-28-17-6-5-7-18-28/h8-16,19-22,28,32,34H,3-7,17-18,23H2,1-2H3,(H,35,36). The lowest BCUT2D eigenvalue weighted by Crippen LogP contribution is -2.31. The van der Waals surface area contributed by atoms with Crippen LogP contribution in [-0.2, 0) is 25.0 Å². The van der Waals surface area contributed by atoms with Crippen molar-refractivity contribution in [3.05, 3.63) is 90.0 Å². The molecule has 1 fully saturated rings. The maximum absolute atomic E-state index is 14.3. The number of nitrogens with one attached hydrogen (secondary N) is 2. The lowest BCUT2D eigenvalue weighted by atomic mass is 9.95. The summed E-state index contributed by atoms with van der Waals surface area (Å²) in [5, 5.41) is 10.8. The van der Waals surface area contributed by atoms with Crippen molar-refractivity contribution in [2.45, 2.75) is 64.2 Å². The zero-order chi connectivity index (χ0) is 28.0. The molecule has 0 aromatic heterocycles. The fourth-order valence-corrected chi connectivity index (χ4v) is 7.81. The maximum Gasteiger partial charge on any atom is 0.347 e. The lowest BCUT2D eigenvalue weighted by Gasteiger charge is -2.27. The normalized spacial score (nSPS) is 15.3. The van der Waals surface area contributed by atoms with Gasteiger partial charge in [-0.1, -0.05) is 86.0 Å². The van der Waals surface area contributed by atoms with Crippen LogP contribution in [0.5, 0.6) is 0 Å². The molecule has 5 rings (SSSR count). The van der Waals surface area contributed by atoms with Gasteiger partial charge in [0.15, 0.2) is 5.66 Å². The van der Waals surface area contributed by atoms with Crippen LogP contribution in [-0.4, -0.2) is 25.2 Å². The summed E-state index contributed by atoms with van der Waals surface area (Å²) >= 11 is 0. The van der Waals surface area contributed by atoms with Gasteiger partial charge in [-0.15, -0.1) is 0 Å². The van der Waals surface area contributed by atoms with Gasteiger partial charge in [-0.05, 0) is 71.5 Å². The molecule has 4 aromatic rings. The molecule has 1 aliphatic carbocycles. The highest BCUT2D eigenvalue weighted by atomic mass is 31.2. The van der Waals surface area contributed by atoms with Gasteiger partial charge in [-0.25, -0.2) is 0 Å². The topological polar surface area (TPSA) is 76.7 Å². The molecule has 1 atom stereocenters. The Bertz CT molecular complexity index is 1500. The quantitative estimate of drug-likeness (QED) is 0.181. The smallest absolute Gasteiger partial charge is 0.325 e. The molecule has 6 nitrogen and oxygen atoms in total. The van der Waals surface area contributed by atoms with Crippen molar-refractivity contribution in [3.8, 4) is 0 Å². The first-order chi connectivity index (χ1) is 19.5. The molecule has 0 heterocycles. The van der Waals surface area contributed by atoms with Crippen molar-refractivity contribution in [1.82, 2.24) is 5.32 Å². The fourth-order valence-electron chi connectivity index (χ4n) is 5.80. The van der Waals surface area contributed by atoms with Gasteiger partial charge in [0.2, 0.25) is 5.91 Å². The largest absolute Gasteiger partial charge is 0.347 e. The molecule has 0 aliphatic heterocycles. The molecular weight excluding hydrogens is 519 g/mol. The van der Waals surface area contributed by atoms with E-state index in [1.54, 1.807) is 13.8 Å². The van der Waals surface area contributed by atoms with Crippen LogP contribution in [0.3, 0.4) is 0 Å². The summed E-state index contributed by atoms with van der Waals surface area (Å²) in [4.78, 5) is 14.3. The molecule has 1 amide bonds. The highest BCUT2D eigenvalue weighted by molar-refractivity contribution is 7.55. The number of benzene rings is 4. The summed E-state index contributed by atoms with van der Waals surface area (Å²) in [5.41, 5.74) is 1.20. The molecule has 1 unspecified atom stereocenters. The molecule has 0 saturated heterocycles. The van der Waals surface area contributed by atoms with E-state index < -0.39 is 19.2 Å². The number of hydrogen-bond donors (Lipinski definition) is 2. The first-order valence-corrected chi connectivity index (χ1v) is 16.1. The number of rotatable bonds is 11. The number of hydrogen-bond acceptors (Lipinski definition) is 5. The van der Waals surface area contributed by atoms with Gasteiger partial charge in [-0.2, -0.15) is 0 Å². The van der Waals surface area contributed by atoms with Crippen molar-refractivity contribution in [2.24, 2.45) is 0 Å². The van der Waals surface area contributed by atoms with E-state index in [0.29, 0.717) is 23.8 Å². The molecule has 1 saturated carbocycles. The Hall–Kier alpha value is -3.02. The molecule has 0 bridgehead atoms. The van der Waals surface area contributed by atoms with Gasteiger partial charge in [0.05, 0.1) is 13.2 Å². The average Bonchev–Trinajstić information content (AvgIpc) is 2.97. The Morgan fingerprint density at radius 1 is 0.850 bits per heavy atom. The maximum atomic E-state index is 14.3. The van der Waals surface area contributed by atoms with E-state index in [0.717, 1.165) is 27.1 Å². The van der Waals surface area contributed by atoms with Gasteiger partial charge in [-0.3, -0.25) is 9.36 Å². The first-order valence-electron chi connectivity index (χ1n) is 14.4. The summed E-state index contributed by atoms with van der Waals surface area (Å²) in [7, 11) is -3.88. The van der Waals surface area contributed by atoms with Crippen LogP contribution in [0.2, 0.25) is 0 Å². The molecule has 210 valence electrons. The van der Waals surface area contributed by atoms with E-state index in [1.807, 2.05) is 66.7 Å². The second-order valence-electron chi connectivity index (χ2n) is 10.4. The van der Waals surface area contributed by atoms with Crippen molar-refractivity contribution >= 4 is 40.7 Å². The summed E-state index contributed by atoms with van der Waals surface area (Å²) in [6.07, 6.45) is 6.13. The Labute approximate surface area is 237 Å². The highest BCUT2D eigenvalue weighted by Crippen LogP contribution is 2.62. The SMILES string of the molecule is CCOP(=O)(OCC)C(C(=O)Nc1cc2ccccc2cc1CNC1CCCCC1)c1cccc2ccccc12. The van der Waals surface area contributed by atoms with E-state index in [1.165, 1.54) is 32.1 Å². The third-order valence-electron chi connectivity index (χ3n) is 7.72. The second-order valence-corrected chi connectivity index (χ2v) is 12.5. The molecule has 40 heavy (non-hydrogen) atoms. The minimum atomic E-state index is -3.88. The van der Waals surface area contributed by atoms with Crippen molar-refractivity contribution in [1.29, 1.82) is 0 Å². The summed E-state index contributed by atoms with van der Waals surface area (Å²) < 4.78 is 25.9. The van der Waals surface area contributed by atoms with E-state index in [-0.39, 0.29) is 13.2 Å². The van der Waals surface area contributed by atoms with Crippen molar-refractivity contribution in [3.63, 3.8) is 0 Å². The number of amides is 1. The van der Waals surface area contributed by atoms with Crippen molar-refractivity contribution in [2.75, 3.05) is 18.5 Å². The average molecular weight is 559 g/mol. The minimum absolute atomic E-state index is 0.165. The lowest BCUT2D eigenvalue weighted by molar-refractivity contribution is -0.116.